The molecule has 0 unspecified atom stereocenters. The van der Waals surface area contributed by atoms with Crippen LogP contribution in [0.4, 0.5) is 0 Å². The number of aromatic nitrogens is 3. The van der Waals surface area contributed by atoms with E-state index in [1.807, 2.05) is 0 Å². The van der Waals surface area contributed by atoms with Gasteiger partial charge in [-0.25, -0.2) is 9.97 Å². The standard InChI is InChI=1S/C19H21N5O4/c25-11-17-16(24-19(27)13-2-1-6-20-9-13)4-3-15(28-17)8-18(26)22-10-14-5-7-21-12-23-14/h1-7,9,12,15-17,25H,8,10-11H2,(H,22,26)(H,24,27)/t15-,16+,17-/m0/s1. The Hall–Kier alpha value is -3.17. The molecule has 0 spiro atoms. The van der Waals surface area contributed by atoms with E-state index in [-0.39, 0.29) is 24.8 Å². The molecule has 0 saturated carbocycles. The van der Waals surface area contributed by atoms with Crippen molar-refractivity contribution in [2.75, 3.05) is 6.61 Å². The molecule has 0 aliphatic carbocycles. The van der Waals surface area contributed by atoms with Crippen LogP contribution in [0.2, 0.25) is 0 Å². The molecular formula is C19H21N5O4. The van der Waals surface area contributed by atoms with Crippen LogP contribution >= 0.6 is 0 Å². The number of carbonyl (C=O) groups excluding carboxylic acids is 2. The van der Waals surface area contributed by atoms with Gasteiger partial charge in [-0.3, -0.25) is 14.6 Å². The molecule has 1 aliphatic rings. The number of rotatable bonds is 7. The van der Waals surface area contributed by atoms with Crippen molar-refractivity contribution in [1.29, 1.82) is 0 Å². The average molecular weight is 383 g/mol. The second-order valence-electron chi connectivity index (χ2n) is 6.20. The van der Waals surface area contributed by atoms with Gasteiger partial charge in [-0.1, -0.05) is 12.2 Å². The van der Waals surface area contributed by atoms with E-state index in [9.17, 15) is 14.7 Å². The van der Waals surface area contributed by atoms with E-state index in [1.54, 1.807) is 42.7 Å². The minimum absolute atomic E-state index is 0.0986. The van der Waals surface area contributed by atoms with Gasteiger partial charge in [-0.15, -0.1) is 0 Å². The number of nitrogens with zero attached hydrogens (tertiary/aromatic N) is 3. The van der Waals surface area contributed by atoms with Gasteiger partial charge in [0.05, 0.1) is 43.0 Å². The van der Waals surface area contributed by atoms with Crippen LogP contribution in [-0.4, -0.2) is 56.7 Å². The van der Waals surface area contributed by atoms with Gasteiger partial charge in [0.15, 0.2) is 0 Å². The molecule has 3 heterocycles. The van der Waals surface area contributed by atoms with Crippen molar-refractivity contribution in [3.8, 4) is 0 Å². The molecule has 3 N–H and O–H groups in total. The van der Waals surface area contributed by atoms with Crippen LogP contribution in [0.3, 0.4) is 0 Å². The van der Waals surface area contributed by atoms with Crippen LogP contribution < -0.4 is 10.6 Å². The first-order valence-corrected chi connectivity index (χ1v) is 8.83. The fraction of sp³-hybridized carbons (Fsp3) is 0.316. The highest BCUT2D eigenvalue weighted by atomic mass is 16.5. The zero-order valence-corrected chi connectivity index (χ0v) is 15.1. The lowest BCUT2D eigenvalue weighted by atomic mass is 10.0. The number of pyridine rings is 1. The fourth-order valence-electron chi connectivity index (χ4n) is 2.73. The largest absolute Gasteiger partial charge is 0.394 e. The number of amides is 2. The van der Waals surface area contributed by atoms with Gasteiger partial charge in [0.2, 0.25) is 5.91 Å². The number of nitrogens with one attached hydrogen (secondary N) is 2. The highest BCUT2D eigenvalue weighted by Gasteiger charge is 2.29. The van der Waals surface area contributed by atoms with Crippen molar-refractivity contribution >= 4 is 11.8 Å². The monoisotopic (exact) mass is 383 g/mol. The molecule has 2 amide bonds. The molecule has 3 atom stereocenters. The van der Waals surface area contributed by atoms with Crippen LogP contribution in [-0.2, 0) is 16.1 Å². The second-order valence-corrected chi connectivity index (χ2v) is 6.20. The second kappa shape index (κ2) is 9.67. The normalized spacial score (nSPS) is 21.1. The van der Waals surface area contributed by atoms with Gasteiger partial charge in [0.25, 0.3) is 5.91 Å². The Bertz CT molecular complexity index is 816. The summed E-state index contributed by atoms with van der Waals surface area (Å²) < 4.78 is 5.75. The Kier molecular flexibility index (Phi) is 6.77. The van der Waals surface area contributed by atoms with Gasteiger partial charge < -0.3 is 20.5 Å². The fourth-order valence-corrected chi connectivity index (χ4v) is 2.73. The van der Waals surface area contributed by atoms with E-state index in [0.29, 0.717) is 17.8 Å². The smallest absolute Gasteiger partial charge is 0.253 e. The zero-order valence-electron chi connectivity index (χ0n) is 15.1. The molecule has 0 bridgehead atoms. The predicted octanol–water partition coefficient (Wildman–Crippen LogP) is -0.00760. The van der Waals surface area contributed by atoms with Gasteiger partial charge in [0, 0.05) is 18.6 Å². The summed E-state index contributed by atoms with van der Waals surface area (Å²) in [5.74, 6) is -0.520. The Morgan fingerprint density at radius 3 is 2.79 bits per heavy atom. The number of aliphatic hydroxyl groups is 1. The van der Waals surface area contributed by atoms with E-state index in [2.05, 4.69) is 25.6 Å². The first-order valence-electron chi connectivity index (χ1n) is 8.83. The number of ether oxygens (including phenoxy) is 1. The highest BCUT2D eigenvalue weighted by Crippen LogP contribution is 2.16. The maximum atomic E-state index is 12.3. The maximum absolute atomic E-state index is 12.3. The van der Waals surface area contributed by atoms with Crippen LogP contribution in [0.5, 0.6) is 0 Å². The first kappa shape index (κ1) is 19.6. The molecule has 3 rings (SSSR count). The summed E-state index contributed by atoms with van der Waals surface area (Å²) in [5, 5.41) is 15.2. The predicted molar refractivity (Wildman–Crippen MR) is 98.9 cm³/mol. The number of aliphatic hydroxyl groups excluding tert-OH is 1. The van der Waals surface area contributed by atoms with Gasteiger partial charge >= 0.3 is 0 Å². The topological polar surface area (TPSA) is 126 Å². The third-order valence-corrected chi connectivity index (χ3v) is 4.18. The molecule has 0 radical (unpaired) electrons. The van der Waals surface area contributed by atoms with Gasteiger partial charge in [-0.05, 0) is 18.2 Å². The van der Waals surface area contributed by atoms with Crippen LogP contribution in [0.15, 0.2) is 55.3 Å². The maximum Gasteiger partial charge on any atom is 0.253 e. The summed E-state index contributed by atoms with van der Waals surface area (Å²) in [6, 6.07) is 4.53. The Morgan fingerprint density at radius 2 is 2.07 bits per heavy atom. The highest BCUT2D eigenvalue weighted by molar-refractivity contribution is 5.94. The van der Waals surface area contributed by atoms with Crippen molar-refractivity contribution in [2.24, 2.45) is 0 Å². The summed E-state index contributed by atoms with van der Waals surface area (Å²) in [4.78, 5) is 36.1. The molecule has 146 valence electrons. The molecule has 0 saturated heterocycles. The average Bonchev–Trinajstić information content (AvgIpc) is 2.74. The van der Waals surface area contributed by atoms with Crippen molar-refractivity contribution in [1.82, 2.24) is 25.6 Å². The van der Waals surface area contributed by atoms with Crippen molar-refractivity contribution in [3.05, 3.63) is 66.5 Å². The van der Waals surface area contributed by atoms with Crippen molar-refractivity contribution in [3.63, 3.8) is 0 Å². The lowest BCUT2D eigenvalue weighted by molar-refractivity contribution is -0.125. The minimum atomic E-state index is -0.648. The summed E-state index contributed by atoms with van der Waals surface area (Å²) in [5.41, 5.74) is 1.12. The molecule has 0 aromatic carbocycles. The summed E-state index contributed by atoms with van der Waals surface area (Å²) in [7, 11) is 0. The molecule has 2 aromatic heterocycles. The SMILES string of the molecule is O=C(C[C@@H]1C=C[C@@H](NC(=O)c2cccnc2)[C@H](CO)O1)NCc1ccncn1. The lowest BCUT2D eigenvalue weighted by Crippen LogP contribution is -2.49. The minimum Gasteiger partial charge on any atom is -0.394 e. The number of hydrogen-bond donors (Lipinski definition) is 3. The van der Waals surface area contributed by atoms with E-state index in [4.69, 9.17) is 4.74 Å². The van der Waals surface area contributed by atoms with E-state index in [0.717, 1.165) is 0 Å². The van der Waals surface area contributed by atoms with E-state index < -0.39 is 18.2 Å². The Morgan fingerprint density at radius 1 is 1.18 bits per heavy atom. The summed E-state index contributed by atoms with van der Waals surface area (Å²) >= 11 is 0. The van der Waals surface area contributed by atoms with Crippen LogP contribution in [0.1, 0.15) is 22.5 Å². The molecule has 28 heavy (non-hydrogen) atoms. The third kappa shape index (κ3) is 5.41. The van der Waals surface area contributed by atoms with Crippen molar-refractivity contribution < 1.29 is 19.4 Å². The molecule has 1 aliphatic heterocycles. The number of carbonyl (C=O) groups is 2. The lowest BCUT2D eigenvalue weighted by Gasteiger charge is -2.31. The van der Waals surface area contributed by atoms with E-state index >= 15 is 0 Å². The van der Waals surface area contributed by atoms with E-state index in [1.165, 1.54) is 12.5 Å². The first-order chi connectivity index (χ1) is 13.7. The Labute approximate surface area is 161 Å². The summed E-state index contributed by atoms with van der Waals surface area (Å²) in [6.07, 6.45) is 8.47. The third-order valence-electron chi connectivity index (χ3n) is 4.18. The molecule has 9 nitrogen and oxygen atoms in total. The van der Waals surface area contributed by atoms with Gasteiger partial charge in [0.1, 0.15) is 12.4 Å². The molecule has 0 fully saturated rings. The van der Waals surface area contributed by atoms with Crippen LogP contribution in [0, 0.1) is 0 Å². The molecular weight excluding hydrogens is 362 g/mol. The number of hydrogen-bond acceptors (Lipinski definition) is 7. The van der Waals surface area contributed by atoms with Crippen molar-refractivity contribution in [2.45, 2.75) is 31.2 Å². The molecule has 9 heteroatoms. The van der Waals surface area contributed by atoms with Gasteiger partial charge in [-0.2, -0.15) is 0 Å². The molecule has 2 aromatic rings. The quantitative estimate of drug-likeness (QED) is 0.574. The summed E-state index contributed by atoms with van der Waals surface area (Å²) in [6.45, 7) is 0.00634. The van der Waals surface area contributed by atoms with Crippen LogP contribution in [0.25, 0.3) is 0 Å². The zero-order chi connectivity index (χ0) is 19.8. The Balaban J connectivity index is 1.52.